The van der Waals surface area contributed by atoms with Gasteiger partial charge in [-0.05, 0) is 91.8 Å². The number of ether oxygens (including phenoxy) is 2. The molecule has 39 heavy (non-hydrogen) atoms. The predicted octanol–water partition coefficient (Wildman–Crippen LogP) is 9.02. The molecule has 2 aliphatic heterocycles. The maximum Gasteiger partial charge on any atom is 0.410 e. The van der Waals surface area contributed by atoms with Crippen LogP contribution in [0, 0.1) is 0 Å². The maximum absolute atomic E-state index is 13.0. The van der Waals surface area contributed by atoms with Crippen molar-refractivity contribution in [2.75, 3.05) is 6.54 Å². The summed E-state index contributed by atoms with van der Waals surface area (Å²) in [6.45, 7) is 20.7. The van der Waals surface area contributed by atoms with Crippen molar-refractivity contribution in [3.63, 3.8) is 0 Å². The molecule has 1 amide bonds. The minimum absolute atomic E-state index is 0.0247. The topological polar surface area (TPSA) is 56.6 Å². The zero-order valence-corrected chi connectivity index (χ0v) is 26.1. The van der Waals surface area contributed by atoms with Crippen molar-refractivity contribution in [1.82, 2.24) is 14.1 Å². The van der Waals surface area contributed by atoms with E-state index in [2.05, 4.69) is 76.2 Å². The van der Waals surface area contributed by atoms with Crippen molar-refractivity contribution < 1.29 is 14.3 Å². The summed E-state index contributed by atoms with van der Waals surface area (Å²) in [5.41, 5.74) is 4.76. The monoisotopic (exact) mass is 547 g/mol. The van der Waals surface area contributed by atoms with Crippen LogP contribution in [0.25, 0.3) is 11.0 Å². The van der Waals surface area contributed by atoms with Crippen LogP contribution in [-0.4, -0.2) is 40.6 Å². The smallest absolute Gasteiger partial charge is 0.410 e. The summed E-state index contributed by atoms with van der Waals surface area (Å²) in [5.74, 6) is 1.96. The van der Waals surface area contributed by atoms with Crippen LogP contribution < -0.4 is 4.74 Å². The quantitative estimate of drug-likeness (QED) is 0.289. The average molecular weight is 548 g/mol. The Balaban J connectivity index is 1.49. The Hall–Kier alpha value is -2.80. The standard InChI is InChI=1S/C32H45N3O3Si/c1-20(2)39(21(3)4,22(5)6)35-17-15-26-29(14-16-33-30(26)35)37-24-11-12-25-23-10-13-28(27(25)18-24)34(19-23)31(36)38-32(7,8)9/h11-12,14-18,20-23,28H,10,13,19H2,1-9H3. The molecule has 3 aromatic rings. The fraction of sp³-hybridized carbons (Fsp3) is 0.562. The highest BCUT2D eigenvalue weighted by Gasteiger charge is 2.46. The van der Waals surface area contributed by atoms with Gasteiger partial charge in [0.15, 0.2) is 8.24 Å². The molecule has 0 N–H and O–H groups in total. The van der Waals surface area contributed by atoms with Crippen molar-refractivity contribution in [3.8, 4) is 11.5 Å². The number of piperidine rings is 1. The Morgan fingerprint density at radius 3 is 2.31 bits per heavy atom. The SMILES string of the molecule is CC(C)[Si](C(C)C)(C(C)C)n1ccc2c(Oc3ccc4c(c3)C3CCC4CN3C(=O)OC(C)(C)C)ccnc21. The van der Waals surface area contributed by atoms with E-state index in [0.717, 1.165) is 41.9 Å². The molecule has 2 unspecified atom stereocenters. The number of carbonyl (C=O) groups is 1. The number of benzene rings is 1. The third-order valence-electron chi connectivity index (χ3n) is 9.03. The lowest BCUT2D eigenvalue weighted by atomic mass is 9.75. The van der Waals surface area contributed by atoms with Gasteiger partial charge in [-0.2, -0.15) is 0 Å². The van der Waals surface area contributed by atoms with E-state index in [4.69, 9.17) is 14.5 Å². The molecule has 0 saturated carbocycles. The molecule has 1 fully saturated rings. The first-order chi connectivity index (χ1) is 18.3. The van der Waals surface area contributed by atoms with Gasteiger partial charge in [-0.3, -0.25) is 0 Å². The molecule has 0 radical (unpaired) electrons. The minimum Gasteiger partial charge on any atom is -0.457 e. The van der Waals surface area contributed by atoms with Gasteiger partial charge < -0.3 is 18.6 Å². The molecule has 3 aliphatic rings. The highest BCUT2D eigenvalue weighted by Crippen LogP contribution is 2.49. The van der Waals surface area contributed by atoms with Crippen LogP contribution in [0.4, 0.5) is 4.79 Å². The molecule has 2 aromatic heterocycles. The summed E-state index contributed by atoms with van der Waals surface area (Å²) in [6, 6.07) is 10.6. The molecule has 1 saturated heterocycles. The van der Waals surface area contributed by atoms with E-state index in [-0.39, 0.29) is 12.1 Å². The second kappa shape index (κ2) is 9.99. The van der Waals surface area contributed by atoms with Gasteiger partial charge >= 0.3 is 6.09 Å². The summed E-state index contributed by atoms with van der Waals surface area (Å²) in [7, 11) is -1.95. The largest absolute Gasteiger partial charge is 0.457 e. The van der Waals surface area contributed by atoms with E-state index in [9.17, 15) is 4.79 Å². The Labute approximate surface area is 234 Å². The number of aromatic nitrogens is 2. The normalized spacial score (nSPS) is 19.3. The van der Waals surface area contributed by atoms with E-state index in [1.54, 1.807) is 0 Å². The van der Waals surface area contributed by atoms with Gasteiger partial charge in [0, 0.05) is 18.7 Å². The van der Waals surface area contributed by atoms with Crippen LogP contribution in [0.2, 0.25) is 16.6 Å². The van der Waals surface area contributed by atoms with Crippen LogP contribution in [0.3, 0.4) is 0 Å². The Morgan fingerprint density at radius 1 is 0.974 bits per heavy atom. The van der Waals surface area contributed by atoms with E-state index >= 15 is 0 Å². The van der Waals surface area contributed by atoms with Gasteiger partial charge in [-0.15, -0.1) is 0 Å². The highest BCUT2D eigenvalue weighted by molar-refractivity contribution is 6.82. The number of amides is 1. The molecule has 2 bridgehead atoms. The second-order valence-electron chi connectivity index (χ2n) is 13.4. The molecule has 6 rings (SSSR count). The number of hydrogen-bond acceptors (Lipinski definition) is 4. The van der Waals surface area contributed by atoms with Crippen LogP contribution >= 0.6 is 0 Å². The zero-order valence-electron chi connectivity index (χ0n) is 25.1. The fourth-order valence-electron chi connectivity index (χ4n) is 7.72. The van der Waals surface area contributed by atoms with E-state index in [1.807, 2.05) is 37.9 Å². The summed E-state index contributed by atoms with van der Waals surface area (Å²) >= 11 is 0. The number of fused-ring (bicyclic) bond motifs is 3. The minimum atomic E-state index is -1.95. The van der Waals surface area contributed by atoms with E-state index in [1.165, 1.54) is 11.1 Å². The predicted molar refractivity (Wildman–Crippen MR) is 160 cm³/mol. The molecular weight excluding hydrogens is 502 g/mol. The highest BCUT2D eigenvalue weighted by atomic mass is 28.3. The lowest BCUT2D eigenvalue weighted by Crippen LogP contribution is -2.51. The lowest BCUT2D eigenvalue weighted by molar-refractivity contribution is 0.00320. The van der Waals surface area contributed by atoms with Gasteiger partial charge in [0.05, 0.1) is 11.4 Å². The Kier molecular flexibility index (Phi) is 7.11. The number of hydrogen-bond donors (Lipinski definition) is 0. The van der Waals surface area contributed by atoms with Crippen molar-refractivity contribution in [2.24, 2.45) is 0 Å². The van der Waals surface area contributed by atoms with Crippen LogP contribution in [0.1, 0.15) is 98.2 Å². The van der Waals surface area contributed by atoms with Gasteiger partial charge in [-0.1, -0.05) is 47.6 Å². The molecule has 0 spiro atoms. The summed E-state index contributed by atoms with van der Waals surface area (Å²) in [4.78, 5) is 19.8. The van der Waals surface area contributed by atoms with Crippen LogP contribution in [0.15, 0.2) is 42.7 Å². The third kappa shape index (κ3) is 4.66. The zero-order chi connectivity index (χ0) is 28.3. The first-order valence-corrected chi connectivity index (χ1v) is 16.8. The average Bonchev–Trinajstić information content (AvgIpc) is 3.28. The Morgan fingerprint density at radius 2 is 1.67 bits per heavy atom. The van der Waals surface area contributed by atoms with E-state index < -0.39 is 13.8 Å². The molecule has 4 heterocycles. The van der Waals surface area contributed by atoms with Crippen molar-refractivity contribution >= 4 is 25.4 Å². The van der Waals surface area contributed by atoms with Crippen LogP contribution in [0.5, 0.6) is 11.5 Å². The summed E-state index contributed by atoms with van der Waals surface area (Å²) in [6.07, 6.45) is 5.96. The second-order valence-corrected chi connectivity index (χ2v) is 19.1. The number of rotatable bonds is 6. The molecular formula is C32H45N3O3Si. The molecule has 7 heteroatoms. The van der Waals surface area contributed by atoms with Gasteiger partial charge in [0.25, 0.3) is 0 Å². The molecule has 6 nitrogen and oxygen atoms in total. The van der Waals surface area contributed by atoms with E-state index in [0.29, 0.717) is 22.5 Å². The number of carbonyl (C=O) groups excluding carboxylic acids is 1. The summed E-state index contributed by atoms with van der Waals surface area (Å²) < 4.78 is 14.9. The number of nitrogens with zero attached hydrogens (tertiary/aromatic N) is 3. The first-order valence-electron chi connectivity index (χ1n) is 14.6. The van der Waals surface area contributed by atoms with Crippen LogP contribution in [-0.2, 0) is 4.74 Å². The third-order valence-corrected chi connectivity index (χ3v) is 15.8. The molecule has 1 aromatic carbocycles. The Bertz CT molecular complexity index is 1350. The fourth-order valence-corrected chi connectivity index (χ4v) is 14.3. The van der Waals surface area contributed by atoms with Gasteiger partial charge in [0.2, 0.25) is 0 Å². The molecule has 210 valence electrons. The molecule has 1 aliphatic carbocycles. The molecule has 2 atom stereocenters. The van der Waals surface area contributed by atoms with Gasteiger partial charge in [-0.25, -0.2) is 9.78 Å². The number of pyridine rings is 1. The summed E-state index contributed by atoms with van der Waals surface area (Å²) in [5, 5.41) is 1.05. The van der Waals surface area contributed by atoms with Gasteiger partial charge in [0.1, 0.15) is 22.7 Å². The lowest BCUT2D eigenvalue weighted by Gasteiger charge is -2.46. The maximum atomic E-state index is 13.0. The van der Waals surface area contributed by atoms with Crippen molar-refractivity contribution in [2.45, 2.75) is 109 Å². The van der Waals surface area contributed by atoms with Crippen molar-refractivity contribution in [3.05, 3.63) is 53.9 Å². The first kappa shape index (κ1) is 27.8. The van der Waals surface area contributed by atoms with Crippen molar-refractivity contribution in [1.29, 1.82) is 0 Å².